The number of rotatable bonds is 14. The number of hydrogen-bond donors (Lipinski definition) is 2. The molecule has 1 saturated heterocycles. The van der Waals surface area contributed by atoms with Crippen molar-refractivity contribution in [2.45, 2.75) is 43.6 Å². The lowest BCUT2D eigenvalue weighted by Crippen LogP contribution is -2.50. The number of nitrogens with zero attached hydrogens (tertiary/aromatic N) is 1. The minimum Gasteiger partial charge on any atom is -0.379 e. The lowest BCUT2D eigenvalue weighted by Gasteiger charge is -2.21. The quantitative estimate of drug-likeness (QED) is 0.136. The highest BCUT2D eigenvalue weighted by Crippen LogP contribution is 2.19. The monoisotopic (exact) mass is 539 g/mol. The Morgan fingerprint density at radius 1 is 1.13 bits per heavy atom. The van der Waals surface area contributed by atoms with E-state index in [1.807, 2.05) is 22.6 Å². The van der Waals surface area contributed by atoms with Gasteiger partial charge in [-0.25, -0.2) is 0 Å². The number of imide groups is 1. The van der Waals surface area contributed by atoms with E-state index in [2.05, 4.69) is 10.6 Å². The van der Waals surface area contributed by atoms with Crippen molar-refractivity contribution in [3.63, 3.8) is 0 Å². The van der Waals surface area contributed by atoms with Crippen LogP contribution in [0.15, 0.2) is 0 Å². The highest BCUT2D eigenvalue weighted by molar-refractivity contribution is 14.1. The van der Waals surface area contributed by atoms with Crippen molar-refractivity contribution in [3.8, 4) is 0 Å². The smallest absolute Gasteiger partial charge is 0.243 e. The van der Waals surface area contributed by atoms with Gasteiger partial charge in [-0.05, 0) is 12.8 Å². The fourth-order valence-corrected chi connectivity index (χ4v) is 3.34. The molecule has 1 fully saturated rings. The molecule has 170 valence electrons. The van der Waals surface area contributed by atoms with Gasteiger partial charge in [0, 0.05) is 12.8 Å². The number of likely N-dealkylation sites (tertiary alicyclic amines) is 1. The molecule has 11 heteroatoms. The molecule has 0 aliphatic carbocycles. The summed E-state index contributed by atoms with van der Waals surface area (Å²) in [5, 5.41) is 5.15. The van der Waals surface area contributed by atoms with E-state index in [4.69, 9.17) is 9.47 Å². The van der Waals surface area contributed by atoms with Crippen molar-refractivity contribution in [2.24, 2.45) is 5.92 Å². The largest absolute Gasteiger partial charge is 0.379 e. The van der Waals surface area contributed by atoms with Gasteiger partial charge in [-0.3, -0.25) is 28.9 Å². The number of nitrogens with one attached hydrogen (secondary N) is 2. The highest BCUT2D eigenvalue weighted by atomic mass is 127. The number of Topliss-reactive ketones (excluding diaryl/α,β-unsaturated/α-hetero) is 1. The minimum atomic E-state index is -0.724. The molecule has 1 rings (SSSR count). The summed E-state index contributed by atoms with van der Waals surface area (Å²) in [5.74, 6) is -1.38. The van der Waals surface area contributed by atoms with Crippen LogP contribution in [0.5, 0.6) is 0 Å². The molecule has 1 heterocycles. The first-order valence-electron chi connectivity index (χ1n) is 9.83. The zero-order chi connectivity index (χ0) is 22.7. The number of ether oxygens (including phenoxy) is 2. The van der Waals surface area contributed by atoms with Crippen molar-refractivity contribution in [2.75, 3.05) is 39.5 Å². The van der Waals surface area contributed by atoms with Crippen LogP contribution in [-0.2, 0) is 33.4 Å². The molecule has 30 heavy (non-hydrogen) atoms. The summed E-state index contributed by atoms with van der Waals surface area (Å²) in [7, 11) is 0. The number of amides is 4. The molecular formula is C19H30IN3O7. The summed E-state index contributed by atoms with van der Waals surface area (Å²) < 4.78 is 10.4. The van der Waals surface area contributed by atoms with Gasteiger partial charge < -0.3 is 20.1 Å². The van der Waals surface area contributed by atoms with Crippen molar-refractivity contribution in [1.82, 2.24) is 15.5 Å². The number of carbonyl (C=O) groups is 5. The Labute approximate surface area is 189 Å². The summed E-state index contributed by atoms with van der Waals surface area (Å²) in [5.41, 5.74) is 0. The third kappa shape index (κ3) is 9.47. The first kappa shape index (κ1) is 26.4. The second kappa shape index (κ2) is 13.7. The maximum atomic E-state index is 12.1. The first-order chi connectivity index (χ1) is 14.1. The molecule has 1 aliphatic heterocycles. The van der Waals surface area contributed by atoms with Gasteiger partial charge in [0.1, 0.15) is 11.8 Å². The average Bonchev–Trinajstić information content (AvgIpc) is 2.91. The van der Waals surface area contributed by atoms with E-state index in [9.17, 15) is 24.0 Å². The Bertz CT molecular complexity index is 642. The Hall–Kier alpha value is -1.60. The molecule has 0 aromatic heterocycles. The van der Waals surface area contributed by atoms with Crippen LogP contribution < -0.4 is 10.6 Å². The summed E-state index contributed by atoms with van der Waals surface area (Å²) in [6.45, 7) is 6.05. The Kier molecular flexibility index (Phi) is 12.0. The molecule has 0 bridgehead atoms. The molecule has 0 aromatic rings. The first-order valence-corrected chi connectivity index (χ1v) is 11.1. The van der Waals surface area contributed by atoms with Crippen molar-refractivity contribution >= 4 is 52.0 Å². The van der Waals surface area contributed by atoms with Crippen LogP contribution in [-0.4, -0.2) is 83.8 Å². The summed E-state index contributed by atoms with van der Waals surface area (Å²) in [6, 6.07) is -0.724. The summed E-state index contributed by atoms with van der Waals surface area (Å²) in [4.78, 5) is 59.7. The minimum absolute atomic E-state index is 0.0697. The van der Waals surface area contributed by atoms with Crippen LogP contribution in [0.2, 0.25) is 0 Å². The standard InChI is InChI=1S/C19H30IN3O7/c1-12(2)17(18(27)21-11-13(3)24)22-15(25)4-6-29-8-9-30-7-5-23-16(26)10-14(20)19(23)28/h12,14,17H,4-11H2,1-3H3,(H,21,27)(H,22,25). The Morgan fingerprint density at radius 2 is 1.77 bits per heavy atom. The molecule has 10 nitrogen and oxygen atoms in total. The topological polar surface area (TPSA) is 131 Å². The molecular weight excluding hydrogens is 509 g/mol. The second-order valence-electron chi connectivity index (χ2n) is 7.24. The van der Waals surface area contributed by atoms with Crippen molar-refractivity contribution in [3.05, 3.63) is 0 Å². The molecule has 4 amide bonds. The fourth-order valence-electron chi connectivity index (χ4n) is 2.62. The summed E-state index contributed by atoms with van der Waals surface area (Å²) in [6.07, 6.45) is 0.317. The predicted molar refractivity (Wildman–Crippen MR) is 116 cm³/mol. The van der Waals surface area contributed by atoms with Crippen LogP contribution >= 0.6 is 22.6 Å². The average molecular weight is 539 g/mol. The molecule has 0 spiro atoms. The maximum absolute atomic E-state index is 12.1. The van der Waals surface area contributed by atoms with Gasteiger partial charge in [0.25, 0.3) is 0 Å². The van der Waals surface area contributed by atoms with Gasteiger partial charge >= 0.3 is 0 Å². The van der Waals surface area contributed by atoms with E-state index in [-0.39, 0.29) is 85.7 Å². The van der Waals surface area contributed by atoms with Gasteiger partial charge in [0.05, 0.1) is 43.4 Å². The van der Waals surface area contributed by atoms with E-state index in [1.54, 1.807) is 13.8 Å². The lowest BCUT2D eigenvalue weighted by atomic mass is 10.0. The zero-order valence-electron chi connectivity index (χ0n) is 17.6. The maximum Gasteiger partial charge on any atom is 0.243 e. The third-order valence-corrected chi connectivity index (χ3v) is 5.24. The normalized spacial score (nSPS) is 17.4. The van der Waals surface area contributed by atoms with E-state index in [0.29, 0.717) is 0 Å². The number of ketones is 1. The predicted octanol–water partition coefficient (Wildman–Crippen LogP) is -0.182. The van der Waals surface area contributed by atoms with Crippen LogP contribution in [0.4, 0.5) is 0 Å². The fraction of sp³-hybridized carbons (Fsp3) is 0.737. The molecule has 2 atom stereocenters. The third-order valence-electron chi connectivity index (χ3n) is 4.27. The molecule has 2 N–H and O–H groups in total. The number of alkyl halides is 1. The molecule has 0 saturated carbocycles. The van der Waals surface area contributed by atoms with Crippen LogP contribution in [0.1, 0.15) is 33.6 Å². The lowest BCUT2D eigenvalue weighted by molar-refractivity contribution is -0.139. The Morgan fingerprint density at radius 3 is 2.30 bits per heavy atom. The number of carbonyl (C=O) groups excluding carboxylic acids is 5. The van der Waals surface area contributed by atoms with Crippen LogP contribution in [0, 0.1) is 5.92 Å². The van der Waals surface area contributed by atoms with Crippen LogP contribution in [0.3, 0.4) is 0 Å². The van der Waals surface area contributed by atoms with Crippen LogP contribution in [0.25, 0.3) is 0 Å². The second-order valence-corrected chi connectivity index (χ2v) is 8.74. The van der Waals surface area contributed by atoms with Gasteiger partial charge in [0.15, 0.2) is 0 Å². The van der Waals surface area contributed by atoms with E-state index in [1.165, 1.54) is 11.8 Å². The molecule has 0 aromatic carbocycles. The van der Waals surface area contributed by atoms with Gasteiger partial charge in [-0.15, -0.1) is 0 Å². The number of hydrogen-bond acceptors (Lipinski definition) is 7. The highest BCUT2D eigenvalue weighted by Gasteiger charge is 2.36. The molecule has 0 radical (unpaired) electrons. The van der Waals surface area contributed by atoms with Crippen molar-refractivity contribution < 1.29 is 33.4 Å². The van der Waals surface area contributed by atoms with E-state index in [0.717, 1.165) is 0 Å². The van der Waals surface area contributed by atoms with Gasteiger partial charge in [0.2, 0.25) is 23.6 Å². The number of halogens is 1. The SMILES string of the molecule is CC(=O)CNC(=O)C(NC(=O)CCOCCOCCN1C(=O)CC(I)C1=O)C(C)C. The summed E-state index contributed by atoms with van der Waals surface area (Å²) >= 11 is 1.96. The zero-order valence-corrected chi connectivity index (χ0v) is 19.7. The van der Waals surface area contributed by atoms with Crippen molar-refractivity contribution in [1.29, 1.82) is 0 Å². The Balaban J connectivity index is 2.14. The molecule has 1 aliphatic rings. The van der Waals surface area contributed by atoms with E-state index < -0.39 is 11.9 Å². The molecule has 2 unspecified atom stereocenters. The van der Waals surface area contributed by atoms with E-state index >= 15 is 0 Å². The van der Waals surface area contributed by atoms with Gasteiger partial charge in [-0.1, -0.05) is 36.4 Å². The van der Waals surface area contributed by atoms with Gasteiger partial charge in [-0.2, -0.15) is 0 Å².